The van der Waals surface area contributed by atoms with Gasteiger partial charge in [0.15, 0.2) is 5.16 Å². The number of amides is 1. The van der Waals surface area contributed by atoms with E-state index >= 15 is 0 Å². The highest BCUT2D eigenvalue weighted by Gasteiger charge is 2.25. The van der Waals surface area contributed by atoms with E-state index in [1.807, 2.05) is 35.8 Å². The molecular weight excluding hydrogens is 440 g/mol. The van der Waals surface area contributed by atoms with Crippen LogP contribution in [-0.4, -0.2) is 43.9 Å². The smallest absolute Gasteiger partial charge is 0.292 e. The molecule has 10 heteroatoms. The third-order valence-electron chi connectivity index (χ3n) is 5.56. The number of thioether (sulfide) groups is 1. The van der Waals surface area contributed by atoms with Crippen LogP contribution in [0.3, 0.4) is 0 Å². The highest BCUT2D eigenvalue weighted by molar-refractivity contribution is 8.00. The Kier molecular flexibility index (Phi) is 6.93. The molecular formula is C23H26N6O3S. The molecule has 1 N–H and O–H groups in total. The number of carbonyl (C=O) groups is 1. The van der Waals surface area contributed by atoms with Crippen LogP contribution in [0.4, 0.5) is 17.3 Å². The number of hydrogen-bond donors (Lipinski definition) is 1. The first-order valence-electron chi connectivity index (χ1n) is 10.9. The summed E-state index contributed by atoms with van der Waals surface area (Å²) >= 11 is 1.28. The van der Waals surface area contributed by atoms with Crippen molar-refractivity contribution < 1.29 is 9.72 Å². The van der Waals surface area contributed by atoms with Gasteiger partial charge < -0.3 is 10.2 Å². The number of benzene rings is 2. The van der Waals surface area contributed by atoms with E-state index < -0.39 is 10.2 Å². The second-order valence-corrected chi connectivity index (χ2v) is 9.33. The van der Waals surface area contributed by atoms with Crippen LogP contribution in [0, 0.1) is 17.0 Å². The van der Waals surface area contributed by atoms with Crippen molar-refractivity contribution >= 4 is 35.0 Å². The molecule has 1 fully saturated rings. The minimum absolute atomic E-state index is 0.141. The van der Waals surface area contributed by atoms with Crippen LogP contribution in [0.5, 0.6) is 0 Å². The average Bonchev–Trinajstić information content (AvgIpc) is 3.23. The molecule has 1 aromatic heterocycles. The number of anilines is 2. The molecule has 172 valence electrons. The SMILES string of the molecule is Cc1ccc(-n2c(SC(C)C(=O)Nc3ccccc3[N+](=O)[O-])nnc2N2CCCCC2)cc1. The van der Waals surface area contributed by atoms with Gasteiger partial charge in [-0.15, -0.1) is 10.2 Å². The molecule has 4 rings (SSSR count). The summed E-state index contributed by atoms with van der Waals surface area (Å²) in [7, 11) is 0. The van der Waals surface area contributed by atoms with Crippen molar-refractivity contribution in [2.75, 3.05) is 23.3 Å². The lowest BCUT2D eigenvalue weighted by Gasteiger charge is -2.28. The lowest BCUT2D eigenvalue weighted by molar-refractivity contribution is -0.383. The molecule has 1 saturated heterocycles. The van der Waals surface area contributed by atoms with Gasteiger partial charge in [0.1, 0.15) is 5.69 Å². The van der Waals surface area contributed by atoms with Crippen LogP contribution in [0.2, 0.25) is 0 Å². The van der Waals surface area contributed by atoms with Crippen LogP contribution in [0.15, 0.2) is 53.7 Å². The zero-order chi connectivity index (χ0) is 23.4. The number of piperidine rings is 1. The number of nitrogens with zero attached hydrogens (tertiary/aromatic N) is 5. The molecule has 1 aliphatic heterocycles. The Labute approximate surface area is 196 Å². The maximum absolute atomic E-state index is 12.9. The number of nitro groups is 1. The van der Waals surface area contributed by atoms with Crippen LogP contribution in [0.1, 0.15) is 31.7 Å². The van der Waals surface area contributed by atoms with Crippen molar-refractivity contribution in [1.82, 2.24) is 14.8 Å². The predicted octanol–water partition coefficient (Wildman–Crippen LogP) is 4.59. The Morgan fingerprint density at radius 3 is 2.48 bits per heavy atom. The third-order valence-corrected chi connectivity index (χ3v) is 6.60. The number of nitrogens with one attached hydrogen (secondary N) is 1. The van der Waals surface area contributed by atoms with E-state index in [9.17, 15) is 14.9 Å². The summed E-state index contributed by atoms with van der Waals surface area (Å²) in [5.41, 5.74) is 2.12. The summed E-state index contributed by atoms with van der Waals surface area (Å²) < 4.78 is 1.99. The highest BCUT2D eigenvalue weighted by Crippen LogP contribution is 2.31. The third kappa shape index (κ3) is 5.16. The number of carbonyl (C=O) groups excluding carboxylic acids is 1. The summed E-state index contributed by atoms with van der Waals surface area (Å²) in [4.78, 5) is 25.9. The minimum Gasteiger partial charge on any atom is -0.341 e. The van der Waals surface area contributed by atoms with Crippen molar-refractivity contribution in [3.63, 3.8) is 0 Å². The molecule has 1 aliphatic rings. The summed E-state index contributed by atoms with van der Waals surface area (Å²) in [6, 6.07) is 14.2. The molecule has 1 amide bonds. The van der Waals surface area contributed by atoms with Crippen molar-refractivity contribution in [2.45, 2.75) is 43.5 Å². The molecule has 1 unspecified atom stereocenters. The Balaban J connectivity index is 1.59. The van der Waals surface area contributed by atoms with Crippen molar-refractivity contribution in [3.8, 4) is 5.69 Å². The fraction of sp³-hybridized carbons (Fsp3) is 0.348. The van der Waals surface area contributed by atoms with E-state index in [1.54, 1.807) is 19.1 Å². The van der Waals surface area contributed by atoms with Gasteiger partial charge in [-0.25, -0.2) is 0 Å². The Bertz CT molecular complexity index is 1140. The average molecular weight is 467 g/mol. The Morgan fingerprint density at radius 1 is 1.09 bits per heavy atom. The molecule has 0 spiro atoms. The summed E-state index contributed by atoms with van der Waals surface area (Å²) in [6.07, 6.45) is 3.43. The molecule has 0 aliphatic carbocycles. The maximum atomic E-state index is 12.9. The Morgan fingerprint density at radius 2 is 1.79 bits per heavy atom. The van der Waals surface area contributed by atoms with E-state index in [2.05, 4.69) is 20.4 Å². The number of aromatic nitrogens is 3. The normalized spacial score (nSPS) is 14.7. The van der Waals surface area contributed by atoms with Gasteiger partial charge >= 0.3 is 0 Å². The van der Waals surface area contributed by atoms with Crippen LogP contribution >= 0.6 is 11.8 Å². The first-order chi connectivity index (χ1) is 15.9. The van der Waals surface area contributed by atoms with Crippen molar-refractivity contribution in [2.24, 2.45) is 0 Å². The van der Waals surface area contributed by atoms with E-state index in [0.29, 0.717) is 5.16 Å². The predicted molar refractivity (Wildman–Crippen MR) is 129 cm³/mol. The second kappa shape index (κ2) is 10.0. The topological polar surface area (TPSA) is 106 Å². The monoisotopic (exact) mass is 466 g/mol. The van der Waals surface area contributed by atoms with Crippen molar-refractivity contribution in [3.05, 3.63) is 64.2 Å². The quantitative estimate of drug-likeness (QED) is 0.308. The number of hydrogen-bond acceptors (Lipinski definition) is 7. The fourth-order valence-corrected chi connectivity index (χ4v) is 4.60. The molecule has 0 bridgehead atoms. The number of rotatable bonds is 7. The van der Waals surface area contributed by atoms with E-state index in [0.717, 1.165) is 43.1 Å². The second-order valence-electron chi connectivity index (χ2n) is 8.02. The molecule has 2 aromatic carbocycles. The molecule has 0 saturated carbocycles. The lowest BCUT2D eigenvalue weighted by atomic mass is 10.1. The van der Waals surface area contributed by atoms with Crippen LogP contribution in [-0.2, 0) is 4.79 Å². The molecule has 9 nitrogen and oxygen atoms in total. The van der Waals surface area contributed by atoms with Gasteiger partial charge in [0.25, 0.3) is 5.69 Å². The minimum atomic E-state index is -0.549. The largest absolute Gasteiger partial charge is 0.341 e. The zero-order valence-corrected chi connectivity index (χ0v) is 19.4. The van der Waals surface area contributed by atoms with Gasteiger partial charge in [0.2, 0.25) is 11.9 Å². The molecule has 3 aromatic rings. The Hall–Kier alpha value is -3.40. The van der Waals surface area contributed by atoms with Crippen molar-refractivity contribution in [1.29, 1.82) is 0 Å². The number of nitro benzene ring substituents is 1. The van der Waals surface area contributed by atoms with Gasteiger partial charge in [-0.1, -0.05) is 41.6 Å². The summed E-state index contributed by atoms with van der Waals surface area (Å²) in [5, 5.41) is 22.9. The van der Waals surface area contributed by atoms with Gasteiger partial charge in [0, 0.05) is 19.2 Å². The maximum Gasteiger partial charge on any atom is 0.292 e. The first-order valence-corrected chi connectivity index (χ1v) is 11.8. The van der Waals surface area contributed by atoms with Crippen LogP contribution < -0.4 is 10.2 Å². The summed E-state index contributed by atoms with van der Waals surface area (Å²) in [6.45, 7) is 5.63. The molecule has 33 heavy (non-hydrogen) atoms. The molecule has 0 radical (unpaired) electrons. The van der Waals surface area contributed by atoms with E-state index in [-0.39, 0.29) is 17.3 Å². The molecule has 2 heterocycles. The van der Waals surface area contributed by atoms with E-state index in [4.69, 9.17) is 0 Å². The van der Waals surface area contributed by atoms with Gasteiger partial charge in [-0.05, 0) is 51.3 Å². The molecule has 1 atom stereocenters. The zero-order valence-electron chi connectivity index (χ0n) is 18.6. The van der Waals surface area contributed by atoms with E-state index in [1.165, 1.54) is 30.3 Å². The number of aryl methyl sites for hydroxylation is 1. The van der Waals surface area contributed by atoms with Crippen LogP contribution in [0.25, 0.3) is 5.69 Å². The highest BCUT2D eigenvalue weighted by atomic mass is 32.2. The van der Waals surface area contributed by atoms with Gasteiger partial charge in [-0.3, -0.25) is 19.5 Å². The number of para-hydroxylation sites is 2. The van der Waals surface area contributed by atoms with Gasteiger partial charge in [-0.2, -0.15) is 0 Å². The lowest BCUT2D eigenvalue weighted by Crippen LogP contribution is -2.31. The first kappa shape index (κ1) is 22.8. The van der Waals surface area contributed by atoms with Gasteiger partial charge in [0.05, 0.1) is 15.9 Å². The summed E-state index contributed by atoms with van der Waals surface area (Å²) in [5.74, 6) is 0.430. The fourth-order valence-electron chi connectivity index (χ4n) is 3.74. The standard InChI is InChI=1S/C23H26N6O3S/c1-16-10-12-18(13-11-16)28-22(27-14-6-3-7-15-27)25-26-23(28)33-17(2)21(30)24-19-8-4-5-9-20(19)29(31)32/h4-5,8-13,17H,3,6-7,14-15H2,1-2H3,(H,24,30).